The Labute approximate surface area is 292 Å². The van der Waals surface area contributed by atoms with Gasteiger partial charge in [0, 0.05) is 63.5 Å². The summed E-state index contributed by atoms with van der Waals surface area (Å²) in [5.74, 6) is 1.76. The number of nitrogens with one attached hydrogen (secondary N) is 4. The summed E-state index contributed by atoms with van der Waals surface area (Å²) in [4.78, 5) is 14.8. The van der Waals surface area contributed by atoms with Crippen LogP contribution in [-0.4, -0.2) is 86.3 Å². The van der Waals surface area contributed by atoms with Gasteiger partial charge in [-0.3, -0.25) is 19.8 Å². The number of hydrogen-bond acceptors (Lipinski definition) is 10. The van der Waals surface area contributed by atoms with Crippen LogP contribution < -0.4 is 30.7 Å². The maximum Gasteiger partial charge on any atom is 0.122 e. The third kappa shape index (κ3) is 13.1. The van der Waals surface area contributed by atoms with Crippen LogP contribution in [0, 0.1) is 0 Å². The molecule has 2 aliphatic rings. The van der Waals surface area contributed by atoms with Gasteiger partial charge in [-0.25, -0.2) is 0 Å². The van der Waals surface area contributed by atoms with Crippen molar-refractivity contribution in [3.8, 4) is 11.5 Å². The molecule has 0 radical (unpaired) electrons. The molecule has 3 aromatic rings. The SMILES string of the molecule is Br.COc1cc2nc(c1)CNCCCN(Cc1ccc(CN3CCCNCc4cc(OC)cc(n4)CNCCC3)cc1)CCCNC2. The monoisotopic (exact) mass is 710 g/mol. The van der Waals surface area contributed by atoms with Crippen molar-refractivity contribution < 1.29 is 9.47 Å². The molecule has 258 valence electrons. The van der Waals surface area contributed by atoms with Gasteiger partial charge in [-0.05, 0) is 89.2 Å². The molecule has 1 aromatic carbocycles. The summed E-state index contributed by atoms with van der Waals surface area (Å²) in [6.07, 6.45) is 4.43. The Bertz CT molecular complexity index is 1160. The molecule has 2 aromatic heterocycles. The number of nitrogens with zero attached hydrogens (tertiary/aromatic N) is 4. The van der Waals surface area contributed by atoms with Gasteiger partial charge < -0.3 is 30.7 Å². The molecule has 0 saturated heterocycles. The normalized spacial score (nSPS) is 18.3. The second-order valence-electron chi connectivity index (χ2n) is 12.5. The van der Waals surface area contributed by atoms with E-state index in [0.29, 0.717) is 0 Å². The first-order valence-corrected chi connectivity index (χ1v) is 17.1. The van der Waals surface area contributed by atoms with Gasteiger partial charge in [0.1, 0.15) is 11.5 Å². The van der Waals surface area contributed by atoms with E-state index in [4.69, 9.17) is 19.4 Å². The molecule has 0 aliphatic carbocycles. The summed E-state index contributed by atoms with van der Waals surface area (Å²) in [5.41, 5.74) is 6.91. The zero-order chi connectivity index (χ0) is 31.8. The molecule has 0 amide bonds. The summed E-state index contributed by atoms with van der Waals surface area (Å²) in [5, 5.41) is 14.3. The van der Waals surface area contributed by atoms with Crippen molar-refractivity contribution in [1.29, 1.82) is 0 Å². The van der Waals surface area contributed by atoms with Gasteiger partial charge in [-0.2, -0.15) is 0 Å². The molecule has 4 bridgehead atoms. The van der Waals surface area contributed by atoms with Crippen molar-refractivity contribution in [3.63, 3.8) is 0 Å². The van der Waals surface area contributed by atoms with E-state index in [-0.39, 0.29) is 17.0 Å². The summed E-state index contributed by atoms with van der Waals surface area (Å²) < 4.78 is 11.0. The van der Waals surface area contributed by atoms with Gasteiger partial charge in [-0.1, -0.05) is 24.3 Å². The molecule has 4 N–H and O–H groups in total. The maximum atomic E-state index is 5.49. The summed E-state index contributed by atoms with van der Waals surface area (Å²) >= 11 is 0. The van der Waals surface area contributed by atoms with Gasteiger partial charge in [-0.15, -0.1) is 17.0 Å². The molecule has 5 rings (SSSR count). The summed E-state index contributed by atoms with van der Waals surface area (Å²) in [6, 6.07) is 17.5. The average Bonchev–Trinajstić information content (AvgIpc) is 3.07. The minimum Gasteiger partial charge on any atom is -0.497 e. The van der Waals surface area contributed by atoms with Crippen LogP contribution in [0.25, 0.3) is 0 Å². The second kappa shape index (κ2) is 20.7. The Hall–Kier alpha value is -2.64. The lowest BCUT2D eigenvalue weighted by Crippen LogP contribution is -2.31. The lowest BCUT2D eigenvalue weighted by molar-refractivity contribution is 0.254. The fourth-order valence-electron chi connectivity index (χ4n) is 6.22. The van der Waals surface area contributed by atoms with E-state index in [1.165, 1.54) is 11.1 Å². The molecule has 0 atom stereocenters. The van der Waals surface area contributed by atoms with Crippen LogP contribution in [-0.2, 0) is 39.3 Å². The van der Waals surface area contributed by atoms with E-state index in [0.717, 1.165) is 152 Å². The number of hydrogen-bond donors (Lipinski definition) is 4. The van der Waals surface area contributed by atoms with Crippen LogP contribution in [0.1, 0.15) is 59.6 Å². The molecule has 0 unspecified atom stereocenters. The van der Waals surface area contributed by atoms with Gasteiger partial charge in [0.05, 0.1) is 37.0 Å². The van der Waals surface area contributed by atoms with Crippen molar-refractivity contribution in [2.75, 3.05) is 66.6 Å². The molecule has 0 saturated carbocycles. The van der Waals surface area contributed by atoms with Crippen LogP contribution in [0.2, 0.25) is 0 Å². The number of halogens is 1. The number of ether oxygens (including phenoxy) is 2. The predicted molar refractivity (Wildman–Crippen MR) is 194 cm³/mol. The molecular weight excluding hydrogens is 656 g/mol. The molecule has 4 heterocycles. The zero-order valence-electron chi connectivity index (χ0n) is 28.4. The third-order valence-corrected chi connectivity index (χ3v) is 8.65. The highest BCUT2D eigenvalue weighted by molar-refractivity contribution is 8.93. The van der Waals surface area contributed by atoms with Gasteiger partial charge in [0.25, 0.3) is 0 Å². The van der Waals surface area contributed by atoms with E-state index >= 15 is 0 Å². The first-order chi connectivity index (χ1) is 22.7. The van der Waals surface area contributed by atoms with Crippen LogP contribution in [0.5, 0.6) is 11.5 Å². The van der Waals surface area contributed by atoms with Crippen molar-refractivity contribution in [2.45, 2.75) is 65.0 Å². The topological polar surface area (TPSA) is 98.8 Å². The fourth-order valence-corrected chi connectivity index (χ4v) is 6.22. The number of rotatable bonds is 6. The van der Waals surface area contributed by atoms with Crippen molar-refractivity contribution >= 4 is 17.0 Å². The Balaban J connectivity index is 0.00000500. The molecule has 11 heteroatoms. The highest BCUT2D eigenvalue weighted by Crippen LogP contribution is 2.16. The Morgan fingerprint density at radius 2 is 0.830 bits per heavy atom. The maximum absolute atomic E-state index is 5.49. The van der Waals surface area contributed by atoms with Crippen LogP contribution in [0.3, 0.4) is 0 Å². The number of aromatic nitrogens is 2. The smallest absolute Gasteiger partial charge is 0.122 e. The standard InChI is InChI=1S/C36H54N8O2.BrH/c1-45-35-19-31-23-37-11-3-15-43(16-4-12-38-24-32(20-35)41-31)27-29-7-9-30(10-8-29)28-44-17-5-13-39-25-33-21-36(46-2)22-34(42-33)26-40-14-6-18-44;/h7-10,19-22,37-40H,3-6,11-18,23-28H2,1-2H3;1H. The highest BCUT2D eigenvalue weighted by Gasteiger charge is 2.11. The van der Waals surface area contributed by atoms with Crippen molar-refractivity contribution in [2.24, 2.45) is 0 Å². The number of pyridine rings is 2. The Morgan fingerprint density at radius 3 is 1.11 bits per heavy atom. The molecular formula is C36H55BrN8O2. The van der Waals surface area contributed by atoms with E-state index in [1.807, 2.05) is 24.3 Å². The highest BCUT2D eigenvalue weighted by atomic mass is 79.9. The van der Waals surface area contributed by atoms with E-state index in [9.17, 15) is 0 Å². The van der Waals surface area contributed by atoms with Crippen LogP contribution in [0.4, 0.5) is 0 Å². The molecule has 47 heavy (non-hydrogen) atoms. The largest absolute Gasteiger partial charge is 0.497 e. The number of benzene rings is 1. The first-order valence-electron chi connectivity index (χ1n) is 17.1. The molecule has 0 spiro atoms. The van der Waals surface area contributed by atoms with Gasteiger partial charge in [0.2, 0.25) is 0 Å². The van der Waals surface area contributed by atoms with Crippen LogP contribution in [0.15, 0.2) is 48.5 Å². The number of fused-ring (bicyclic) bond motifs is 4. The quantitative estimate of drug-likeness (QED) is 0.301. The first kappa shape index (κ1) is 37.2. The predicted octanol–water partition coefficient (Wildman–Crippen LogP) is 4.02. The lowest BCUT2D eigenvalue weighted by atomic mass is 10.1. The third-order valence-electron chi connectivity index (χ3n) is 8.65. The molecule has 10 nitrogen and oxygen atoms in total. The van der Waals surface area contributed by atoms with Crippen molar-refractivity contribution in [3.05, 3.63) is 82.4 Å². The second-order valence-corrected chi connectivity index (χ2v) is 12.5. The van der Waals surface area contributed by atoms with E-state index in [1.54, 1.807) is 14.2 Å². The lowest BCUT2D eigenvalue weighted by Gasteiger charge is -2.24. The van der Waals surface area contributed by atoms with Gasteiger partial charge in [0.15, 0.2) is 0 Å². The minimum absolute atomic E-state index is 0. The summed E-state index contributed by atoms with van der Waals surface area (Å²) in [7, 11) is 3.44. The fraction of sp³-hybridized carbons (Fsp3) is 0.556. The van der Waals surface area contributed by atoms with E-state index < -0.39 is 0 Å². The Kier molecular flexibility index (Phi) is 16.3. The molecule has 0 fully saturated rings. The minimum atomic E-state index is 0. The molecule has 2 aliphatic heterocycles. The van der Waals surface area contributed by atoms with Gasteiger partial charge >= 0.3 is 0 Å². The average molecular weight is 712 g/mol. The number of methoxy groups -OCH3 is 2. The summed E-state index contributed by atoms with van der Waals surface area (Å²) in [6.45, 7) is 13.2. The Morgan fingerprint density at radius 1 is 0.532 bits per heavy atom. The zero-order valence-corrected chi connectivity index (χ0v) is 30.1. The van der Waals surface area contributed by atoms with Crippen LogP contribution >= 0.6 is 17.0 Å². The van der Waals surface area contributed by atoms with Crippen molar-refractivity contribution in [1.82, 2.24) is 41.0 Å². The van der Waals surface area contributed by atoms with E-state index in [2.05, 4.69) is 55.3 Å².